The molecule has 0 radical (unpaired) electrons. The van der Waals surface area contributed by atoms with Crippen LogP contribution in [0.4, 0.5) is 5.69 Å². The van der Waals surface area contributed by atoms with Gasteiger partial charge in [-0.3, -0.25) is 0 Å². The summed E-state index contributed by atoms with van der Waals surface area (Å²) in [5, 5.41) is 0. The number of nitrogens with zero attached hydrogens (tertiary/aromatic N) is 1. The highest BCUT2D eigenvalue weighted by atomic mass is 32.2. The van der Waals surface area contributed by atoms with E-state index < -0.39 is 10.0 Å². The number of hydrogen-bond donors (Lipinski definition) is 1. The van der Waals surface area contributed by atoms with E-state index in [1.54, 1.807) is 16.4 Å². The Labute approximate surface area is 127 Å². The first kappa shape index (κ1) is 16.1. The van der Waals surface area contributed by atoms with Gasteiger partial charge in [0.15, 0.2) is 0 Å². The molecule has 6 heteroatoms. The first-order valence-electron chi connectivity index (χ1n) is 7.31. The van der Waals surface area contributed by atoms with Crippen molar-refractivity contribution in [1.29, 1.82) is 0 Å². The molecule has 1 saturated carbocycles. The fourth-order valence-electron chi connectivity index (χ4n) is 2.27. The fraction of sp³-hybridized carbons (Fsp3) is 0.600. The van der Waals surface area contributed by atoms with Crippen molar-refractivity contribution < 1.29 is 13.2 Å². The van der Waals surface area contributed by atoms with Crippen molar-refractivity contribution in [3.05, 3.63) is 18.2 Å². The predicted molar refractivity (Wildman–Crippen MR) is 83.8 cm³/mol. The van der Waals surface area contributed by atoms with Gasteiger partial charge in [-0.1, -0.05) is 13.8 Å². The molecule has 0 spiro atoms. The molecule has 0 amide bonds. The molecule has 0 heterocycles. The van der Waals surface area contributed by atoms with Crippen LogP contribution in [0.15, 0.2) is 23.1 Å². The Hall–Kier alpha value is -1.27. The molecular weight excluding hydrogens is 288 g/mol. The third kappa shape index (κ3) is 3.68. The van der Waals surface area contributed by atoms with Gasteiger partial charge in [0.2, 0.25) is 10.0 Å². The van der Waals surface area contributed by atoms with Crippen molar-refractivity contribution in [3.8, 4) is 5.75 Å². The van der Waals surface area contributed by atoms with E-state index in [-0.39, 0.29) is 10.9 Å². The topological polar surface area (TPSA) is 72.6 Å². The molecule has 1 aromatic rings. The summed E-state index contributed by atoms with van der Waals surface area (Å²) in [7, 11) is -2.08. The van der Waals surface area contributed by atoms with Crippen LogP contribution >= 0.6 is 0 Å². The second kappa shape index (κ2) is 6.23. The molecule has 1 aliphatic carbocycles. The van der Waals surface area contributed by atoms with Crippen LogP contribution in [0.3, 0.4) is 0 Å². The Morgan fingerprint density at radius 3 is 2.57 bits per heavy atom. The summed E-state index contributed by atoms with van der Waals surface area (Å²) in [4.78, 5) is 0.204. The molecule has 1 aromatic carbocycles. The summed E-state index contributed by atoms with van der Waals surface area (Å²) in [6.45, 7) is 4.75. The highest BCUT2D eigenvalue weighted by Gasteiger charge is 2.39. The summed E-state index contributed by atoms with van der Waals surface area (Å²) in [6, 6.07) is 4.83. The second-order valence-corrected chi connectivity index (χ2v) is 7.80. The molecule has 0 unspecified atom stereocenters. The zero-order valence-corrected chi connectivity index (χ0v) is 13.7. The zero-order valence-electron chi connectivity index (χ0n) is 12.9. The standard InChI is InChI=1S/C15H24N2O3S/c1-11(2)8-9-17(13-5-6-13)21(18,19)15-7-4-12(16)10-14(15)20-3/h4,7,10-11,13H,5-6,8-9,16H2,1-3H3. The van der Waals surface area contributed by atoms with Crippen LogP contribution in [0.2, 0.25) is 0 Å². The molecule has 118 valence electrons. The number of methoxy groups -OCH3 is 1. The van der Waals surface area contributed by atoms with Crippen LogP contribution in [0, 0.1) is 5.92 Å². The Bertz CT molecular complexity index is 595. The van der Waals surface area contributed by atoms with E-state index in [0.717, 1.165) is 19.3 Å². The van der Waals surface area contributed by atoms with Crippen molar-refractivity contribution in [2.75, 3.05) is 19.4 Å². The molecule has 0 aromatic heterocycles. The van der Waals surface area contributed by atoms with Gasteiger partial charge in [0.25, 0.3) is 0 Å². The van der Waals surface area contributed by atoms with Crippen molar-refractivity contribution in [3.63, 3.8) is 0 Å². The normalized spacial score (nSPS) is 15.7. The maximum absolute atomic E-state index is 12.9. The highest BCUT2D eigenvalue weighted by molar-refractivity contribution is 7.89. The van der Waals surface area contributed by atoms with Crippen LogP contribution < -0.4 is 10.5 Å². The Morgan fingerprint density at radius 2 is 2.05 bits per heavy atom. The SMILES string of the molecule is COc1cc(N)ccc1S(=O)(=O)N(CCC(C)C)C1CC1. The van der Waals surface area contributed by atoms with Gasteiger partial charge in [-0.15, -0.1) is 0 Å². The lowest BCUT2D eigenvalue weighted by Gasteiger charge is -2.23. The minimum atomic E-state index is -3.54. The van der Waals surface area contributed by atoms with Crippen LogP contribution in [0.1, 0.15) is 33.1 Å². The van der Waals surface area contributed by atoms with Crippen LogP contribution in [0.5, 0.6) is 5.75 Å². The van der Waals surface area contributed by atoms with E-state index in [1.165, 1.54) is 13.2 Å². The van der Waals surface area contributed by atoms with Gasteiger partial charge in [0, 0.05) is 24.3 Å². The Kier molecular flexibility index (Phi) is 4.78. The maximum Gasteiger partial charge on any atom is 0.247 e. The van der Waals surface area contributed by atoms with E-state index in [9.17, 15) is 8.42 Å². The summed E-state index contributed by atoms with van der Waals surface area (Å²) >= 11 is 0. The third-order valence-electron chi connectivity index (χ3n) is 3.66. The maximum atomic E-state index is 12.9. The van der Waals surface area contributed by atoms with Crippen LogP contribution in [-0.4, -0.2) is 32.4 Å². The van der Waals surface area contributed by atoms with Crippen molar-refractivity contribution >= 4 is 15.7 Å². The van der Waals surface area contributed by atoms with Crippen LogP contribution in [0.25, 0.3) is 0 Å². The molecule has 0 saturated heterocycles. The lowest BCUT2D eigenvalue weighted by atomic mass is 10.1. The number of benzene rings is 1. The lowest BCUT2D eigenvalue weighted by molar-refractivity contribution is 0.366. The third-order valence-corrected chi connectivity index (χ3v) is 5.65. The minimum absolute atomic E-state index is 0.135. The molecule has 2 N–H and O–H groups in total. The first-order valence-corrected chi connectivity index (χ1v) is 8.75. The Balaban J connectivity index is 2.34. The number of ether oxygens (including phenoxy) is 1. The number of sulfonamides is 1. The van der Waals surface area contributed by atoms with Crippen molar-refractivity contribution in [2.24, 2.45) is 5.92 Å². The zero-order chi connectivity index (χ0) is 15.6. The number of anilines is 1. The number of nitrogens with two attached hydrogens (primary N) is 1. The van der Waals surface area contributed by atoms with Crippen LogP contribution in [-0.2, 0) is 10.0 Å². The van der Waals surface area contributed by atoms with Gasteiger partial charge >= 0.3 is 0 Å². The minimum Gasteiger partial charge on any atom is -0.495 e. The van der Waals surface area contributed by atoms with Gasteiger partial charge in [-0.25, -0.2) is 8.42 Å². The summed E-state index contributed by atoms with van der Waals surface area (Å²) in [5.41, 5.74) is 6.20. The predicted octanol–water partition coefficient (Wildman–Crippen LogP) is 2.48. The monoisotopic (exact) mass is 312 g/mol. The Morgan fingerprint density at radius 1 is 1.38 bits per heavy atom. The molecule has 0 bridgehead atoms. The number of nitrogen functional groups attached to an aromatic ring is 1. The average molecular weight is 312 g/mol. The quantitative estimate of drug-likeness (QED) is 0.785. The van der Waals surface area contributed by atoms with E-state index >= 15 is 0 Å². The van der Waals surface area contributed by atoms with Crippen molar-refractivity contribution in [2.45, 2.75) is 44.0 Å². The molecule has 0 atom stereocenters. The van der Waals surface area contributed by atoms with E-state index in [0.29, 0.717) is 23.9 Å². The largest absolute Gasteiger partial charge is 0.495 e. The molecule has 1 aliphatic rings. The summed E-state index contributed by atoms with van der Waals surface area (Å²) in [6.07, 6.45) is 2.73. The molecule has 2 rings (SSSR count). The van der Waals surface area contributed by atoms with E-state index in [2.05, 4.69) is 13.8 Å². The number of rotatable bonds is 7. The lowest BCUT2D eigenvalue weighted by Crippen LogP contribution is -2.34. The van der Waals surface area contributed by atoms with Gasteiger partial charge in [-0.2, -0.15) is 4.31 Å². The molecule has 5 nitrogen and oxygen atoms in total. The molecule has 1 fully saturated rings. The molecular formula is C15H24N2O3S. The summed E-state index contributed by atoms with van der Waals surface area (Å²) in [5.74, 6) is 0.778. The van der Waals surface area contributed by atoms with Gasteiger partial charge in [0.05, 0.1) is 7.11 Å². The molecule has 0 aliphatic heterocycles. The second-order valence-electron chi connectivity index (χ2n) is 5.94. The average Bonchev–Trinajstić information content (AvgIpc) is 3.22. The summed E-state index contributed by atoms with van der Waals surface area (Å²) < 4.78 is 32.7. The highest BCUT2D eigenvalue weighted by Crippen LogP contribution is 2.36. The number of hydrogen-bond acceptors (Lipinski definition) is 4. The van der Waals surface area contributed by atoms with Gasteiger partial charge in [-0.05, 0) is 37.3 Å². The van der Waals surface area contributed by atoms with Gasteiger partial charge < -0.3 is 10.5 Å². The van der Waals surface area contributed by atoms with Crippen molar-refractivity contribution in [1.82, 2.24) is 4.31 Å². The first-order chi connectivity index (χ1) is 9.86. The smallest absolute Gasteiger partial charge is 0.247 e. The van der Waals surface area contributed by atoms with E-state index in [1.807, 2.05) is 0 Å². The van der Waals surface area contributed by atoms with Gasteiger partial charge in [0.1, 0.15) is 10.6 Å². The molecule has 21 heavy (non-hydrogen) atoms. The van der Waals surface area contributed by atoms with E-state index in [4.69, 9.17) is 10.5 Å². The fourth-order valence-corrected chi connectivity index (χ4v) is 4.11.